The third kappa shape index (κ3) is 3.43. The summed E-state index contributed by atoms with van der Waals surface area (Å²) < 4.78 is 0. The van der Waals surface area contributed by atoms with Gasteiger partial charge in [-0.15, -0.1) is 0 Å². The molecule has 1 aliphatic rings. The molecule has 0 fully saturated rings. The molecule has 3 aromatic rings. The lowest BCUT2D eigenvalue weighted by atomic mass is 10.0. The van der Waals surface area contributed by atoms with Crippen LogP contribution < -0.4 is 10.6 Å². The molecule has 5 nitrogen and oxygen atoms in total. The molecule has 0 atom stereocenters. The molecule has 0 radical (unpaired) electrons. The molecule has 0 aliphatic heterocycles. The maximum absolute atomic E-state index is 12.3. The van der Waals surface area contributed by atoms with Gasteiger partial charge < -0.3 is 15.5 Å². The zero-order valence-electron chi connectivity index (χ0n) is 16.1. The Morgan fingerprint density at radius 3 is 2.36 bits per heavy atom. The van der Waals surface area contributed by atoms with Crippen LogP contribution in [0.4, 0.5) is 11.4 Å². The quantitative estimate of drug-likeness (QED) is 0.717. The molecule has 1 aliphatic carbocycles. The Balaban J connectivity index is 1.42. The molecular formula is C23H23N3O2. The number of nitrogens with one attached hydrogen (secondary N) is 2. The predicted octanol–water partition coefficient (Wildman–Crippen LogP) is 3.69. The molecule has 5 heteroatoms. The molecule has 28 heavy (non-hydrogen) atoms. The minimum atomic E-state index is -0.130. The van der Waals surface area contributed by atoms with Gasteiger partial charge in [-0.2, -0.15) is 0 Å². The number of anilines is 2. The van der Waals surface area contributed by atoms with E-state index in [9.17, 15) is 9.59 Å². The third-order valence-corrected chi connectivity index (χ3v) is 5.14. The fourth-order valence-electron chi connectivity index (χ4n) is 3.74. The molecule has 4 rings (SSSR count). The second-order valence-electron chi connectivity index (χ2n) is 7.29. The number of rotatable bonds is 5. The van der Waals surface area contributed by atoms with Gasteiger partial charge in [0.1, 0.15) is 0 Å². The fourth-order valence-corrected chi connectivity index (χ4v) is 3.74. The van der Waals surface area contributed by atoms with Crippen molar-refractivity contribution >= 4 is 34.0 Å². The molecular weight excluding hydrogens is 350 g/mol. The number of carbonyl (C=O) groups excluding carboxylic acids is 2. The van der Waals surface area contributed by atoms with Crippen molar-refractivity contribution in [1.82, 2.24) is 4.90 Å². The van der Waals surface area contributed by atoms with Crippen LogP contribution in [0.3, 0.4) is 0 Å². The van der Waals surface area contributed by atoms with Crippen LogP contribution in [0.5, 0.6) is 0 Å². The maximum Gasteiger partial charge on any atom is 0.253 e. The van der Waals surface area contributed by atoms with E-state index in [2.05, 4.69) is 41.0 Å². The van der Waals surface area contributed by atoms with Gasteiger partial charge >= 0.3 is 0 Å². The van der Waals surface area contributed by atoms with Crippen LogP contribution in [0.2, 0.25) is 0 Å². The van der Waals surface area contributed by atoms with Crippen LogP contribution in [0.25, 0.3) is 10.8 Å². The van der Waals surface area contributed by atoms with Gasteiger partial charge in [-0.3, -0.25) is 9.59 Å². The zero-order valence-corrected chi connectivity index (χ0v) is 16.1. The van der Waals surface area contributed by atoms with Gasteiger partial charge in [-0.05, 0) is 59.7 Å². The van der Waals surface area contributed by atoms with E-state index in [1.54, 1.807) is 38.4 Å². The normalized spacial score (nSPS) is 12.1. The number of aryl methyl sites for hydroxylation is 2. The lowest BCUT2D eigenvalue weighted by Gasteiger charge is -2.13. The number of nitrogens with zero attached hydrogens (tertiary/aromatic N) is 1. The van der Waals surface area contributed by atoms with Crippen molar-refractivity contribution in [2.75, 3.05) is 31.3 Å². The number of hydrogen-bond acceptors (Lipinski definition) is 3. The van der Waals surface area contributed by atoms with Crippen LogP contribution in [-0.4, -0.2) is 37.4 Å². The summed E-state index contributed by atoms with van der Waals surface area (Å²) in [6.07, 6.45) is 2.17. The van der Waals surface area contributed by atoms with E-state index in [0.29, 0.717) is 11.3 Å². The molecule has 0 spiro atoms. The second-order valence-corrected chi connectivity index (χ2v) is 7.29. The number of benzene rings is 3. The summed E-state index contributed by atoms with van der Waals surface area (Å²) in [5.74, 6) is -0.193. The van der Waals surface area contributed by atoms with E-state index >= 15 is 0 Å². The average molecular weight is 373 g/mol. The van der Waals surface area contributed by atoms with Crippen LogP contribution in [0.1, 0.15) is 21.5 Å². The van der Waals surface area contributed by atoms with E-state index in [-0.39, 0.29) is 18.4 Å². The molecule has 0 saturated carbocycles. The molecule has 3 aromatic carbocycles. The monoisotopic (exact) mass is 373 g/mol. The lowest BCUT2D eigenvalue weighted by Crippen LogP contribution is -2.23. The standard InChI is InChI=1S/C23H23N3O2/c1-26(2)23(28)17-8-11-18(12-9-17)25-21(27)14-24-20-13-10-16-7-6-15-4-3-5-19(20)22(15)16/h3-5,8-13,24H,6-7,14H2,1-2H3,(H,25,27). The SMILES string of the molecule is CN(C)C(=O)c1ccc(NC(=O)CNc2ccc3c4c(cccc24)CC3)cc1. The first-order valence-corrected chi connectivity index (χ1v) is 9.42. The highest BCUT2D eigenvalue weighted by atomic mass is 16.2. The summed E-state index contributed by atoms with van der Waals surface area (Å²) in [6.45, 7) is 0.178. The van der Waals surface area contributed by atoms with Crippen molar-refractivity contribution in [3.8, 4) is 0 Å². The summed E-state index contributed by atoms with van der Waals surface area (Å²) in [5.41, 5.74) is 5.00. The van der Waals surface area contributed by atoms with Crippen LogP contribution in [0, 0.1) is 0 Å². The Hall–Kier alpha value is -3.34. The van der Waals surface area contributed by atoms with E-state index in [1.807, 2.05) is 0 Å². The number of hydrogen-bond donors (Lipinski definition) is 2. The Kier molecular flexibility index (Phi) is 4.74. The van der Waals surface area contributed by atoms with Crippen molar-refractivity contribution in [3.63, 3.8) is 0 Å². The van der Waals surface area contributed by atoms with Crippen molar-refractivity contribution in [2.24, 2.45) is 0 Å². The van der Waals surface area contributed by atoms with Gasteiger partial charge in [-0.25, -0.2) is 0 Å². The first-order chi connectivity index (χ1) is 13.5. The van der Waals surface area contributed by atoms with Gasteiger partial charge in [0.2, 0.25) is 5.91 Å². The smallest absolute Gasteiger partial charge is 0.253 e. The summed E-state index contributed by atoms with van der Waals surface area (Å²) >= 11 is 0. The first-order valence-electron chi connectivity index (χ1n) is 9.42. The summed E-state index contributed by atoms with van der Waals surface area (Å²) in [6, 6.07) is 17.5. The van der Waals surface area contributed by atoms with Crippen molar-refractivity contribution in [2.45, 2.75) is 12.8 Å². The minimum Gasteiger partial charge on any atom is -0.376 e. The lowest BCUT2D eigenvalue weighted by molar-refractivity contribution is -0.114. The van der Waals surface area contributed by atoms with Gasteiger partial charge in [-0.1, -0.05) is 24.3 Å². The average Bonchev–Trinajstić information content (AvgIpc) is 3.12. The maximum atomic E-state index is 12.3. The molecule has 2 amide bonds. The molecule has 142 valence electrons. The first kappa shape index (κ1) is 18.0. The number of amides is 2. The topological polar surface area (TPSA) is 61.4 Å². The zero-order chi connectivity index (χ0) is 19.7. The van der Waals surface area contributed by atoms with E-state index in [0.717, 1.165) is 18.5 Å². The summed E-state index contributed by atoms with van der Waals surface area (Å²) in [7, 11) is 3.42. The highest BCUT2D eigenvalue weighted by Crippen LogP contribution is 2.34. The van der Waals surface area contributed by atoms with E-state index < -0.39 is 0 Å². The van der Waals surface area contributed by atoms with Gasteiger partial charge in [0.25, 0.3) is 5.91 Å². The fraction of sp³-hybridized carbons (Fsp3) is 0.217. The van der Waals surface area contributed by atoms with Crippen molar-refractivity contribution in [1.29, 1.82) is 0 Å². The molecule has 0 bridgehead atoms. The molecule has 2 N–H and O–H groups in total. The Morgan fingerprint density at radius 1 is 0.929 bits per heavy atom. The van der Waals surface area contributed by atoms with Crippen molar-refractivity contribution in [3.05, 3.63) is 71.3 Å². The summed E-state index contributed by atoms with van der Waals surface area (Å²) in [5, 5.41) is 8.63. The summed E-state index contributed by atoms with van der Waals surface area (Å²) in [4.78, 5) is 25.8. The van der Waals surface area contributed by atoms with Gasteiger partial charge in [0, 0.05) is 36.4 Å². The van der Waals surface area contributed by atoms with Crippen LogP contribution >= 0.6 is 0 Å². The Morgan fingerprint density at radius 2 is 1.64 bits per heavy atom. The highest BCUT2D eigenvalue weighted by molar-refractivity contribution is 6.01. The largest absolute Gasteiger partial charge is 0.376 e. The van der Waals surface area contributed by atoms with Crippen LogP contribution in [-0.2, 0) is 17.6 Å². The Labute approximate surface area is 164 Å². The van der Waals surface area contributed by atoms with Gasteiger partial charge in [0.05, 0.1) is 6.54 Å². The number of carbonyl (C=O) groups is 2. The van der Waals surface area contributed by atoms with Crippen LogP contribution in [0.15, 0.2) is 54.6 Å². The van der Waals surface area contributed by atoms with E-state index in [4.69, 9.17) is 0 Å². The van der Waals surface area contributed by atoms with Gasteiger partial charge in [0.15, 0.2) is 0 Å². The third-order valence-electron chi connectivity index (χ3n) is 5.14. The predicted molar refractivity (Wildman–Crippen MR) is 113 cm³/mol. The molecule has 0 unspecified atom stereocenters. The van der Waals surface area contributed by atoms with Crippen molar-refractivity contribution < 1.29 is 9.59 Å². The minimum absolute atomic E-state index is 0.0633. The van der Waals surface area contributed by atoms with E-state index in [1.165, 1.54) is 26.8 Å². The molecule has 0 heterocycles. The molecule has 0 aromatic heterocycles. The Bertz CT molecular complexity index is 1050. The second kappa shape index (κ2) is 7.35. The molecule has 0 saturated heterocycles. The highest BCUT2D eigenvalue weighted by Gasteiger charge is 2.16.